The molecule has 0 bridgehead atoms. The molecule has 0 N–H and O–H groups in total. The molecule has 0 aliphatic carbocycles. The first-order valence-corrected chi connectivity index (χ1v) is 11.2. The minimum absolute atomic E-state index is 0.0434. The molecule has 6 nitrogen and oxygen atoms in total. The Balaban J connectivity index is 1.44. The van der Waals surface area contributed by atoms with Crippen LogP contribution < -0.4 is 14.2 Å². The van der Waals surface area contributed by atoms with Crippen LogP contribution in [0, 0.1) is 6.92 Å². The van der Waals surface area contributed by atoms with Gasteiger partial charge in [0.15, 0.2) is 11.5 Å². The van der Waals surface area contributed by atoms with E-state index < -0.39 is 0 Å². The van der Waals surface area contributed by atoms with Crippen molar-refractivity contribution in [3.63, 3.8) is 0 Å². The molecular formula is C24H26N2O4S. The van der Waals surface area contributed by atoms with Crippen LogP contribution in [0.3, 0.4) is 0 Å². The van der Waals surface area contributed by atoms with Gasteiger partial charge in [-0.1, -0.05) is 24.6 Å². The Labute approximate surface area is 186 Å². The van der Waals surface area contributed by atoms with Crippen molar-refractivity contribution in [1.82, 2.24) is 9.88 Å². The molecule has 162 valence electrons. The van der Waals surface area contributed by atoms with Crippen LogP contribution in [-0.2, 0) is 13.2 Å². The van der Waals surface area contributed by atoms with Gasteiger partial charge in [0.1, 0.15) is 17.4 Å². The zero-order valence-electron chi connectivity index (χ0n) is 18.0. The fourth-order valence-electron chi connectivity index (χ4n) is 3.29. The van der Waals surface area contributed by atoms with Crippen LogP contribution in [-0.4, -0.2) is 28.6 Å². The predicted molar refractivity (Wildman–Crippen MR) is 120 cm³/mol. The largest absolute Gasteiger partial charge is 0.486 e. The number of aryl methyl sites for hydroxylation is 1. The molecule has 0 saturated carbocycles. The van der Waals surface area contributed by atoms with Gasteiger partial charge < -0.3 is 19.1 Å². The summed E-state index contributed by atoms with van der Waals surface area (Å²) in [5.41, 5.74) is 2.64. The number of carbonyl (C=O) groups is 1. The molecule has 7 heteroatoms. The number of carbonyl (C=O) groups excluding carboxylic acids is 1. The lowest BCUT2D eigenvalue weighted by molar-refractivity contribution is 0.0668. The molecule has 1 unspecified atom stereocenters. The number of amides is 1. The van der Waals surface area contributed by atoms with Crippen LogP contribution in [0.25, 0.3) is 0 Å². The fourth-order valence-corrected chi connectivity index (χ4v) is 3.98. The minimum atomic E-state index is -0.0434. The minimum Gasteiger partial charge on any atom is -0.486 e. The van der Waals surface area contributed by atoms with Crippen molar-refractivity contribution < 1.29 is 19.0 Å². The van der Waals surface area contributed by atoms with Gasteiger partial charge in [0.2, 0.25) is 6.79 Å². The second kappa shape index (κ2) is 9.39. The maximum Gasteiger partial charge on any atom is 0.254 e. The second-order valence-electron chi connectivity index (χ2n) is 7.59. The molecule has 1 amide bonds. The maximum atomic E-state index is 13.3. The average molecular weight is 439 g/mol. The second-order valence-corrected chi connectivity index (χ2v) is 8.54. The van der Waals surface area contributed by atoms with Crippen molar-refractivity contribution in [1.29, 1.82) is 0 Å². The van der Waals surface area contributed by atoms with E-state index in [1.54, 1.807) is 29.5 Å². The summed E-state index contributed by atoms with van der Waals surface area (Å²) in [4.78, 5) is 19.8. The van der Waals surface area contributed by atoms with Gasteiger partial charge in [0.05, 0.1) is 12.2 Å². The van der Waals surface area contributed by atoms with Gasteiger partial charge in [0.25, 0.3) is 5.91 Å². The normalized spacial score (nSPS) is 13.1. The van der Waals surface area contributed by atoms with Crippen molar-refractivity contribution in [2.45, 2.75) is 46.4 Å². The molecule has 0 spiro atoms. The van der Waals surface area contributed by atoms with Gasteiger partial charge in [-0.2, -0.15) is 0 Å². The Kier molecular flexibility index (Phi) is 6.42. The molecular weight excluding hydrogens is 412 g/mol. The highest BCUT2D eigenvalue weighted by Gasteiger charge is 2.24. The maximum absolute atomic E-state index is 13.3. The SMILES string of the molecule is CCC(C)N(Cc1csc(COc2ccc(C)cc2)n1)C(=O)c1ccc2c(c1)OCO2. The van der Waals surface area contributed by atoms with Crippen molar-refractivity contribution in [2.75, 3.05) is 6.79 Å². The van der Waals surface area contributed by atoms with E-state index in [-0.39, 0.29) is 18.7 Å². The third kappa shape index (κ3) is 4.99. The highest BCUT2D eigenvalue weighted by molar-refractivity contribution is 7.09. The highest BCUT2D eigenvalue weighted by Crippen LogP contribution is 2.33. The molecule has 1 atom stereocenters. The van der Waals surface area contributed by atoms with Crippen molar-refractivity contribution in [2.24, 2.45) is 0 Å². The van der Waals surface area contributed by atoms with E-state index in [4.69, 9.17) is 14.2 Å². The number of thiazole rings is 1. The smallest absolute Gasteiger partial charge is 0.254 e. The molecule has 0 fully saturated rings. The first-order valence-electron chi connectivity index (χ1n) is 10.4. The fraction of sp³-hybridized carbons (Fsp3) is 0.333. The molecule has 1 aliphatic rings. The average Bonchev–Trinajstić information content (AvgIpc) is 3.44. The van der Waals surface area contributed by atoms with Gasteiger partial charge >= 0.3 is 0 Å². The molecule has 0 saturated heterocycles. The first kappa shape index (κ1) is 21.2. The van der Waals surface area contributed by atoms with Crippen LogP contribution in [0.4, 0.5) is 0 Å². The monoisotopic (exact) mass is 438 g/mol. The lowest BCUT2D eigenvalue weighted by Gasteiger charge is -2.28. The van der Waals surface area contributed by atoms with E-state index in [1.807, 2.05) is 41.5 Å². The van der Waals surface area contributed by atoms with E-state index in [0.29, 0.717) is 30.2 Å². The quantitative estimate of drug-likeness (QED) is 0.484. The Hall–Kier alpha value is -3.06. The Morgan fingerprint density at radius 2 is 1.97 bits per heavy atom. The molecule has 1 aromatic heterocycles. The Morgan fingerprint density at radius 3 is 2.74 bits per heavy atom. The lowest BCUT2D eigenvalue weighted by atomic mass is 10.1. The third-order valence-corrected chi connectivity index (χ3v) is 6.19. The van der Waals surface area contributed by atoms with Crippen LogP contribution in [0.1, 0.15) is 46.9 Å². The number of ether oxygens (including phenoxy) is 3. The van der Waals surface area contributed by atoms with Crippen molar-refractivity contribution in [3.05, 3.63) is 69.7 Å². The number of hydrogen-bond acceptors (Lipinski definition) is 6. The van der Waals surface area contributed by atoms with E-state index in [2.05, 4.69) is 18.8 Å². The predicted octanol–water partition coefficient (Wildman–Crippen LogP) is 5.20. The molecule has 0 radical (unpaired) electrons. The van der Waals surface area contributed by atoms with Crippen LogP contribution in [0.2, 0.25) is 0 Å². The van der Waals surface area contributed by atoms with Crippen molar-refractivity contribution >= 4 is 17.2 Å². The topological polar surface area (TPSA) is 60.9 Å². The van der Waals surface area contributed by atoms with Gasteiger partial charge in [-0.3, -0.25) is 4.79 Å². The number of fused-ring (bicyclic) bond motifs is 1. The first-order chi connectivity index (χ1) is 15.0. The lowest BCUT2D eigenvalue weighted by Crippen LogP contribution is -2.37. The standard InChI is InChI=1S/C24H26N2O4S/c1-4-17(3)26(24(27)18-7-10-21-22(11-18)30-15-29-21)12-19-14-31-23(25-19)13-28-20-8-5-16(2)6-9-20/h5-11,14,17H,4,12-13,15H2,1-3H3. The van der Waals surface area contributed by atoms with Gasteiger partial charge in [-0.25, -0.2) is 4.98 Å². The van der Waals surface area contributed by atoms with E-state index in [0.717, 1.165) is 22.9 Å². The molecule has 2 aromatic carbocycles. The summed E-state index contributed by atoms with van der Waals surface area (Å²) in [5.74, 6) is 2.06. The summed E-state index contributed by atoms with van der Waals surface area (Å²) in [6, 6.07) is 13.4. The number of benzene rings is 2. The van der Waals surface area contributed by atoms with Gasteiger partial charge in [0, 0.05) is 17.0 Å². The molecule has 4 rings (SSSR count). The van der Waals surface area contributed by atoms with Crippen LogP contribution in [0.5, 0.6) is 17.2 Å². The molecule has 31 heavy (non-hydrogen) atoms. The zero-order chi connectivity index (χ0) is 21.8. The van der Waals surface area contributed by atoms with Crippen LogP contribution in [0.15, 0.2) is 47.8 Å². The summed E-state index contributed by atoms with van der Waals surface area (Å²) in [6.45, 7) is 7.22. The number of aromatic nitrogens is 1. The number of hydrogen-bond donors (Lipinski definition) is 0. The Bertz CT molecular complexity index is 1050. The van der Waals surface area contributed by atoms with E-state index in [1.165, 1.54) is 5.56 Å². The van der Waals surface area contributed by atoms with E-state index >= 15 is 0 Å². The van der Waals surface area contributed by atoms with Gasteiger partial charge in [-0.15, -0.1) is 11.3 Å². The summed E-state index contributed by atoms with van der Waals surface area (Å²) in [5, 5.41) is 2.88. The zero-order valence-corrected chi connectivity index (χ0v) is 18.8. The van der Waals surface area contributed by atoms with Gasteiger partial charge in [-0.05, 0) is 50.6 Å². The van der Waals surface area contributed by atoms with E-state index in [9.17, 15) is 4.79 Å². The summed E-state index contributed by atoms with van der Waals surface area (Å²) in [7, 11) is 0. The summed E-state index contributed by atoms with van der Waals surface area (Å²) in [6.07, 6.45) is 0.851. The highest BCUT2D eigenvalue weighted by atomic mass is 32.1. The molecule has 3 aromatic rings. The Morgan fingerprint density at radius 1 is 1.19 bits per heavy atom. The summed E-state index contributed by atoms with van der Waals surface area (Å²) < 4.78 is 16.6. The molecule has 1 aliphatic heterocycles. The third-order valence-electron chi connectivity index (χ3n) is 5.32. The molecule has 2 heterocycles. The van der Waals surface area contributed by atoms with Crippen LogP contribution >= 0.6 is 11.3 Å². The summed E-state index contributed by atoms with van der Waals surface area (Å²) >= 11 is 1.55. The number of rotatable bonds is 8. The number of nitrogens with zero attached hydrogens (tertiary/aromatic N) is 2. The van der Waals surface area contributed by atoms with Crippen molar-refractivity contribution in [3.8, 4) is 17.2 Å².